The van der Waals surface area contributed by atoms with Crippen LogP contribution in [0.4, 0.5) is 15.9 Å². The molecule has 0 atom stereocenters. The zero-order valence-electron chi connectivity index (χ0n) is 11.3. The third-order valence-corrected chi connectivity index (χ3v) is 3.25. The van der Waals surface area contributed by atoms with Crippen molar-refractivity contribution in [1.82, 2.24) is 9.97 Å². The van der Waals surface area contributed by atoms with E-state index in [0.29, 0.717) is 23.4 Å². The first-order chi connectivity index (χ1) is 9.56. The summed E-state index contributed by atoms with van der Waals surface area (Å²) in [6, 6.07) is 7.29. The first kappa shape index (κ1) is 14.3. The van der Waals surface area contributed by atoms with Crippen molar-refractivity contribution in [2.75, 3.05) is 11.9 Å². The third-order valence-electron chi connectivity index (χ3n) is 3.03. The van der Waals surface area contributed by atoms with E-state index in [4.69, 9.17) is 18.0 Å². The fraction of sp³-hybridized carbons (Fsp3) is 0.214. The molecule has 0 aliphatic carbocycles. The van der Waals surface area contributed by atoms with Gasteiger partial charge in [-0.3, -0.25) is 0 Å². The first-order valence-electron chi connectivity index (χ1n) is 6.18. The Kier molecular flexibility index (Phi) is 4.24. The summed E-state index contributed by atoms with van der Waals surface area (Å²) in [6.45, 7) is 1.85. The summed E-state index contributed by atoms with van der Waals surface area (Å²) < 4.78 is 14.3. The van der Waals surface area contributed by atoms with Crippen LogP contribution in [-0.4, -0.2) is 22.0 Å². The number of aryl methyl sites for hydroxylation is 1. The van der Waals surface area contributed by atoms with Crippen LogP contribution in [-0.2, 0) is 6.42 Å². The predicted molar refractivity (Wildman–Crippen MR) is 81.8 cm³/mol. The van der Waals surface area contributed by atoms with Crippen molar-refractivity contribution in [2.24, 2.45) is 5.73 Å². The van der Waals surface area contributed by atoms with E-state index in [9.17, 15) is 4.39 Å². The molecule has 0 spiro atoms. The molecule has 20 heavy (non-hydrogen) atoms. The van der Waals surface area contributed by atoms with E-state index in [-0.39, 0.29) is 10.8 Å². The van der Waals surface area contributed by atoms with E-state index in [1.54, 1.807) is 18.0 Å². The lowest BCUT2D eigenvalue weighted by molar-refractivity contribution is 0.593. The van der Waals surface area contributed by atoms with E-state index in [1.807, 2.05) is 25.1 Å². The van der Waals surface area contributed by atoms with Crippen LogP contribution in [0.5, 0.6) is 0 Å². The summed E-state index contributed by atoms with van der Waals surface area (Å²) in [6.07, 6.45) is 1.86. The maximum Gasteiger partial charge on any atom is 0.187 e. The molecule has 104 valence electrons. The maximum atomic E-state index is 14.3. The number of halogens is 1. The normalized spacial score (nSPS) is 10.3. The monoisotopic (exact) mass is 290 g/mol. The number of hydrogen-bond donors (Lipinski definition) is 1. The zero-order chi connectivity index (χ0) is 14.7. The van der Waals surface area contributed by atoms with Crippen LogP contribution in [0.2, 0.25) is 0 Å². The summed E-state index contributed by atoms with van der Waals surface area (Å²) in [4.78, 5) is 9.84. The zero-order valence-corrected chi connectivity index (χ0v) is 12.1. The van der Waals surface area contributed by atoms with Gasteiger partial charge in [0.05, 0.1) is 11.4 Å². The van der Waals surface area contributed by atoms with Crippen LogP contribution in [0.15, 0.2) is 30.6 Å². The van der Waals surface area contributed by atoms with Crippen molar-refractivity contribution in [3.05, 3.63) is 47.7 Å². The number of nitrogens with two attached hydrogens (primary N) is 1. The number of nitrogens with zero attached hydrogens (tertiary/aromatic N) is 3. The van der Waals surface area contributed by atoms with E-state index in [0.717, 1.165) is 0 Å². The third kappa shape index (κ3) is 2.60. The molecule has 1 aromatic carbocycles. The van der Waals surface area contributed by atoms with Gasteiger partial charge in [0.1, 0.15) is 11.3 Å². The summed E-state index contributed by atoms with van der Waals surface area (Å²) in [5.74, 6) is -0.212. The molecular weight excluding hydrogens is 275 g/mol. The molecule has 2 aromatic rings. The fourth-order valence-electron chi connectivity index (χ4n) is 1.96. The summed E-state index contributed by atoms with van der Waals surface area (Å²) >= 11 is 5.02. The molecule has 2 N–H and O–H groups in total. The Labute approximate surface area is 122 Å². The van der Waals surface area contributed by atoms with E-state index in [2.05, 4.69) is 9.97 Å². The lowest BCUT2D eigenvalue weighted by atomic mass is 10.1. The van der Waals surface area contributed by atoms with Crippen molar-refractivity contribution in [1.29, 1.82) is 0 Å². The van der Waals surface area contributed by atoms with E-state index >= 15 is 0 Å². The van der Waals surface area contributed by atoms with E-state index < -0.39 is 5.82 Å². The number of para-hydroxylation sites is 1. The number of thiocarbonyl (C=S) groups is 1. The number of rotatable bonds is 4. The molecule has 0 unspecified atom stereocenters. The van der Waals surface area contributed by atoms with Crippen molar-refractivity contribution in [2.45, 2.75) is 13.3 Å². The van der Waals surface area contributed by atoms with Crippen molar-refractivity contribution in [3.8, 4) is 0 Å². The van der Waals surface area contributed by atoms with Gasteiger partial charge in [-0.2, -0.15) is 0 Å². The average molecular weight is 290 g/mol. The highest BCUT2D eigenvalue weighted by atomic mass is 32.1. The van der Waals surface area contributed by atoms with Crippen LogP contribution in [0, 0.1) is 5.82 Å². The number of benzene rings is 1. The van der Waals surface area contributed by atoms with Crippen LogP contribution in [0.1, 0.15) is 18.2 Å². The predicted octanol–water partition coefficient (Wildman–Crippen LogP) is 2.58. The molecule has 6 heteroatoms. The van der Waals surface area contributed by atoms with Gasteiger partial charge in [0.2, 0.25) is 0 Å². The largest absolute Gasteiger partial charge is 0.389 e. The second-order valence-corrected chi connectivity index (χ2v) is 4.69. The van der Waals surface area contributed by atoms with Crippen molar-refractivity contribution in [3.63, 3.8) is 0 Å². The molecule has 4 nitrogen and oxygen atoms in total. The number of aromatic nitrogens is 2. The SMILES string of the molecule is CCc1ncnc(N(C)c2ccccc2C(N)=S)c1F. The van der Waals surface area contributed by atoms with Gasteiger partial charge in [-0.15, -0.1) is 0 Å². The van der Waals surface area contributed by atoms with Gasteiger partial charge in [-0.25, -0.2) is 14.4 Å². The van der Waals surface area contributed by atoms with Gasteiger partial charge < -0.3 is 10.6 Å². The minimum Gasteiger partial charge on any atom is -0.389 e. The Morgan fingerprint density at radius 1 is 1.35 bits per heavy atom. The minimum absolute atomic E-state index is 0.209. The Morgan fingerprint density at radius 2 is 2.05 bits per heavy atom. The van der Waals surface area contributed by atoms with Gasteiger partial charge in [-0.05, 0) is 18.6 Å². The smallest absolute Gasteiger partial charge is 0.187 e. The van der Waals surface area contributed by atoms with Gasteiger partial charge in [0, 0.05) is 12.6 Å². The topological polar surface area (TPSA) is 55.0 Å². The molecule has 0 saturated heterocycles. The van der Waals surface area contributed by atoms with Gasteiger partial charge in [0.25, 0.3) is 0 Å². The quantitative estimate of drug-likeness (QED) is 0.877. The van der Waals surface area contributed by atoms with Crippen LogP contribution in [0.25, 0.3) is 0 Å². The van der Waals surface area contributed by atoms with Gasteiger partial charge in [0.15, 0.2) is 11.6 Å². The van der Waals surface area contributed by atoms with Crippen molar-refractivity contribution >= 4 is 28.7 Å². The molecule has 0 fully saturated rings. The Bertz CT molecular complexity index is 645. The second kappa shape index (κ2) is 5.92. The first-order valence-corrected chi connectivity index (χ1v) is 6.59. The highest BCUT2D eigenvalue weighted by molar-refractivity contribution is 7.80. The highest BCUT2D eigenvalue weighted by Gasteiger charge is 2.17. The maximum absolute atomic E-state index is 14.3. The van der Waals surface area contributed by atoms with Gasteiger partial charge >= 0.3 is 0 Å². The Balaban J connectivity index is 2.52. The standard InChI is InChI=1S/C14H15FN4S/c1-3-10-12(15)14(18-8-17-10)19(2)11-7-5-4-6-9(11)13(16)20/h4-8H,3H2,1-2H3,(H2,16,20). The lowest BCUT2D eigenvalue weighted by Gasteiger charge is -2.22. The average Bonchev–Trinajstić information content (AvgIpc) is 2.46. The molecule has 1 aromatic heterocycles. The molecule has 1 heterocycles. The summed E-state index contributed by atoms with van der Waals surface area (Å²) in [7, 11) is 1.72. The molecule has 0 radical (unpaired) electrons. The molecule has 0 amide bonds. The van der Waals surface area contributed by atoms with Gasteiger partial charge in [-0.1, -0.05) is 31.3 Å². The highest BCUT2D eigenvalue weighted by Crippen LogP contribution is 2.28. The molecule has 0 aliphatic heterocycles. The molecule has 2 rings (SSSR count). The van der Waals surface area contributed by atoms with Crippen LogP contribution >= 0.6 is 12.2 Å². The lowest BCUT2D eigenvalue weighted by Crippen LogP contribution is -2.20. The Hall–Kier alpha value is -2.08. The molecular formula is C14H15FN4S. The fourth-order valence-corrected chi connectivity index (χ4v) is 2.14. The van der Waals surface area contributed by atoms with Crippen LogP contribution < -0.4 is 10.6 Å². The summed E-state index contributed by atoms with van der Waals surface area (Å²) in [5, 5.41) is 0. The van der Waals surface area contributed by atoms with Crippen LogP contribution in [0.3, 0.4) is 0 Å². The minimum atomic E-state index is -0.421. The van der Waals surface area contributed by atoms with Crippen molar-refractivity contribution < 1.29 is 4.39 Å². The molecule has 0 saturated carbocycles. The van der Waals surface area contributed by atoms with E-state index in [1.165, 1.54) is 6.33 Å². The molecule has 0 bridgehead atoms. The second-order valence-electron chi connectivity index (χ2n) is 4.25. The molecule has 0 aliphatic rings. The number of hydrogen-bond acceptors (Lipinski definition) is 4. The number of anilines is 2. The summed E-state index contributed by atoms with van der Waals surface area (Å²) in [5.41, 5.74) is 7.48. The Morgan fingerprint density at radius 3 is 2.70 bits per heavy atom.